The van der Waals surface area contributed by atoms with E-state index in [1.54, 1.807) is 57.3 Å². The Morgan fingerprint density at radius 3 is 1.18 bits per heavy atom. The van der Waals surface area contributed by atoms with Crippen molar-refractivity contribution in [2.24, 2.45) is 0 Å². The molecule has 0 aliphatic heterocycles. The first-order chi connectivity index (χ1) is 33.4. The number of benzene rings is 1. The molecule has 0 radical (unpaired) electrons. The fraction of sp³-hybridized carbons (Fsp3) is 0.255. The molecule has 0 amide bonds. The number of ether oxygens (including phenoxy) is 1. The fourth-order valence-corrected chi connectivity index (χ4v) is 6.00. The summed E-state index contributed by atoms with van der Waals surface area (Å²) in [5.41, 5.74) is 14.1. The quantitative estimate of drug-likeness (QED) is 0.150. The van der Waals surface area contributed by atoms with Crippen molar-refractivity contribution in [1.29, 1.82) is 0 Å². The zero-order chi connectivity index (χ0) is 53.8. The molecule has 0 saturated carbocycles. The molecule has 16 heteroatoms. The highest BCUT2D eigenvalue weighted by Gasteiger charge is 2.01. The van der Waals surface area contributed by atoms with Crippen LogP contribution in [0.15, 0.2) is 117 Å². The van der Waals surface area contributed by atoms with Crippen LogP contribution >= 0.6 is 81.2 Å². The topological polar surface area (TPSA) is 99.5 Å². The molecule has 0 aliphatic rings. The van der Waals surface area contributed by atoms with Gasteiger partial charge in [0, 0.05) is 88.2 Å². The molecular formula is C55H61Cl7FN7O. The van der Waals surface area contributed by atoms with Crippen LogP contribution in [0.4, 0.5) is 4.39 Å². The van der Waals surface area contributed by atoms with E-state index in [1.165, 1.54) is 34.0 Å². The third kappa shape index (κ3) is 24.3. The molecule has 0 bridgehead atoms. The van der Waals surface area contributed by atoms with Crippen molar-refractivity contribution in [2.45, 2.75) is 90.0 Å². The zero-order valence-corrected chi connectivity index (χ0v) is 47.8. The maximum absolute atomic E-state index is 12.4. The maximum atomic E-state index is 12.4. The summed E-state index contributed by atoms with van der Waals surface area (Å²) in [6, 6.07) is 13.0. The van der Waals surface area contributed by atoms with E-state index in [4.69, 9.17) is 85.9 Å². The van der Waals surface area contributed by atoms with Gasteiger partial charge in [-0.05, 0) is 182 Å². The Balaban J connectivity index is 0.000000406. The number of aryl methyl sites for hydroxylation is 8. The van der Waals surface area contributed by atoms with Crippen molar-refractivity contribution in [3.63, 3.8) is 0 Å². The van der Waals surface area contributed by atoms with Crippen molar-refractivity contribution in [2.75, 3.05) is 7.11 Å². The first-order valence-corrected chi connectivity index (χ1v) is 24.4. The van der Waals surface area contributed by atoms with E-state index in [0.29, 0.717) is 20.8 Å². The van der Waals surface area contributed by atoms with Gasteiger partial charge in [0.2, 0.25) is 0 Å². The number of hydrogen-bond donors (Lipinski definition) is 0. The Morgan fingerprint density at radius 2 is 0.817 bits per heavy atom. The summed E-state index contributed by atoms with van der Waals surface area (Å²) in [6.45, 7) is 25.6. The van der Waals surface area contributed by atoms with Crippen LogP contribution in [0.2, 0.25) is 35.3 Å². The minimum absolute atomic E-state index is 0.359. The normalized spacial score (nSPS) is 9.55. The second-order valence-corrected chi connectivity index (χ2v) is 18.3. The first kappa shape index (κ1) is 64.0. The molecule has 8 nitrogen and oxygen atoms in total. The second kappa shape index (κ2) is 34.4. The van der Waals surface area contributed by atoms with Crippen molar-refractivity contribution in [3.8, 4) is 5.75 Å². The summed E-state index contributed by atoms with van der Waals surface area (Å²) in [6.07, 6.45) is 20.3. The SMILES string of the molecule is COc1cnccc1C.Cc1c(Cl)cccc1Cl.Cc1c(Cl)ccnc1Cl.Cc1c(F)cncc1Cl.Cc1ccnc(C)c1Cl.Cc1ccncc1C.Cc1cncc(C)c1C.Cc1cncc(Cl)c1C. The van der Waals surface area contributed by atoms with Crippen LogP contribution in [0.3, 0.4) is 0 Å². The van der Waals surface area contributed by atoms with E-state index in [2.05, 4.69) is 69.5 Å². The summed E-state index contributed by atoms with van der Waals surface area (Å²) in [5.74, 6) is 0.486. The molecule has 0 spiro atoms. The van der Waals surface area contributed by atoms with E-state index in [1.807, 2.05) is 110 Å². The number of aromatic nitrogens is 7. The van der Waals surface area contributed by atoms with E-state index < -0.39 is 0 Å². The smallest absolute Gasteiger partial charge is 0.145 e. The van der Waals surface area contributed by atoms with Gasteiger partial charge in [-0.2, -0.15) is 0 Å². The van der Waals surface area contributed by atoms with Gasteiger partial charge < -0.3 is 4.74 Å². The summed E-state index contributed by atoms with van der Waals surface area (Å²) in [5, 5.41) is 4.48. The fourth-order valence-electron chi connectivity index (χ4n) is 4.79. The lowest BCUT2D eigenvalue weighted by molar-refractivity contribution is 0.410. The second-order valence-electron chi connectivity index (χ2n) is 15.6. The summed E-state index contributed by atoms with van der Waals surface area (Å²) < 4.78 is 17.4. The molecule has 0 atom stereocenters. The molecule has 0 aliphatic carbocycles. The Bertz CT molecular complexity index is 2340. The van der Waals surface area contributed by atoms with Gasteiger partial charge in [0.1, 0.15) is 16.7 Å². The zero-order valence-electron chi connectivity index (χ0n) is 42.5. The van der Waals surface area contributed by atoms with Crippen LogP contribution in [0.5, 0.6) is 5.75 Å². The molecule has 0 fully saturated rings. The lowest BCUT2D eigenvalue weighted by Gasteiger charge is -1.99. The molecule has 8 aromatic rings. The number of halogens is 8. The van der Waals surface area contributed by atoms with E-state index in [-0.39, 0.29) is 5.82 Å². The van der Waals surface area contributed by atoms with E-state index >= 15 is 0 Å². The summed E-state index contributed by atoms with van der Waals surface area (Å²) >= 11 is 39.8. The molecule has 7 aromatic heterocycles. The third-order valence-electron chi connectivity index (χ3n) is 10.3. The lowest BCUT2D eigenvalue weighted by atomic mass is 10.1. The van der Waals surface area contributed by atoms with Crippen molar-refractivity contribution in [3.05, 3.63) is 230 Å². The van der Waals surface area contributed by atoms with Crippen LogP contribution in [-0.2, 0) is 0 Å². The van der Waals surface area contributed by atoms with Gasteiger partial charge in [-0.15, -0.1) is 0 Å². The number of nitrogens with zero attached hydrogens (tertiary/aromatic N) is 7. The molecule has 8 rings (SSSR count). The molecule has 0 unspecified atom stereocenters. The third-order valence-corrected chi connectivity index (χ3v) is 13.2. The molecule has 1 aromatic carbocycles. The Labute approximate surface area is 455 Å². The van der Waals surface area contributed by atoms with Gasteiger partial charge in [-0.1, -0.05) is 87.3 Å². The molecule has 0 N–H and O–H groups in total. The molecule has 0 saturated heterocycles. The molecule has 378 valence electrons. The monoisotopic (exact) mass is 1100 g/mol. The average molecular weight is 1100 g/mol. The lowest BCUT2D eigenvalue weighted by Crippen LogP contribution is -1.86. The highest BCUT2D eigenvalue weighted by molar-refractivity contribution is 6.36. The Kier molecular flexibility index (Phi) is 31.0. The standard InChI is InChI=1S/C8H11N.C7H6Cl2.2C7H8ClN.C7H9NO.C7H9N.C6H5Cl2N.C6H5ClFN/c1-6-4-9-5-7(2)8(6)3;1-5-6(8)3-2-4-7(5)9;1-5-3-9-4-7(8)6(5)2;1-5-3-4-9-6(2)7(5)8;1-6-3-4-8-5-7(6)9-2;1-6-3-4-8-5-7(6)2;1-4-5(7)2-3-9-6(4)8;1-4-5(7)2-9-3-6(4)8/h4-5H,1-3H3;2-4H,1H3;2*3-4H,1-2H3;3-5H,1-2H3;3-5H,1-2H3;2*2-3H,1H3. The number of hydrogen-bond acceptors (Lipinski definition) is 8. The van der Waals surface area contributed by atoms with E-state index in [9.17, 15) is 4.39 Å². The van der Waals surface area contributed by atoms with Crippen LogP contribution < -0.4 is 4.74 Å². The Morgan fingerprint density at radius 1 is 0.366 bits per heavy atom. The summed E-state index contributed by atoms with van der Waals surface area (Å²) in [4.78, 5) is 27.2. The van der Waals surface area contributed by atoms with Gasteiger partial charge in [0.25, 0.3) is 0 Å². The molecular weight excluding hydrogens is 1040 g/mol. The summed E-state index contributed by atoms with van der Waals surface area (Å²) in [7, 11) is 1.64. The van der Waals surface area contributed by atoms with Gasteiger partial charge in [-0.3, -0.25) is 29.9 Å². The van der Waals surface area contributed by atoms with Crippen molar-refractivity contribution >= 4 is 81.2 Å². The largest absolute Gasteiger partial charge is 0.495 e. The highest BCUT2D eigenvalue weighted by atomic mass is 35.5. The minimum Gasteiger partial charge on any atom is -0.495 e. The van der Waals surface area contributed by atoms with Crippen molar-refractivity contribution in [1.82, 2.24) is 34.9 Å². The molecule has 7 heterocycles. The van der Waals surface area contributed by atoms with Gasteiger partial charge in [0.15, 0.2) is 0 Å². The number of pyridine rings is 7. The van der Waals surface area contributed by atoms with Crippen LogP contribution in [0.25, 0.3) is 0 Å². The van der Waals surface area contributed by atoms with E-state index in [0.717, 1.165) is 71.1 Å². The predicted molar refractivity (Wildman–Crippen MR) is 299 cm³/mol. The Hall–Kier alpha value is -4.97. The molecule has 71 heavy (non-hydrogen) atoms. The average Bonchev–Trinajstić information content (AvgIpc) is 3.34. The first-order valence-electron chi connectivity index (χ1n) is 21.7. The minimum atomic E-state index is -0.359. The number of methoxy groups -OCH3 is 1. The van der Waals surface area contributed by atoms with Crippen LogP contribution in [-0.4, -0.2) is 42.0 Å². The van der Waals surface area contributed by atoms with Gasteiger partial charge >= 0.3 is 0 Å². The predicted octanol–water partition coefficient (Wildman–Crippen LogP) is 18.0. The van der Waals surface area contributed by atoms with Crippen LogP contribution in [0, 0.1) is 95.8 Å². The number of rotatable bonds is 1. The van der Waals surface area contributed by atoms with Crippen LogP contribution in [0.1, 0.15) is 72.5 Å². The van der Waals surface area contributed by atoms with Gasteiger partial charge in [-0.25, -0.2) is 9.37 Å². The van der Waals surface area contributed by atoms with Crippen molar-refractivity contribution < 1.29 is 9.13 Å². The highest BCUT2D eigenvalue weighted by Crippen LogP contribution is 2.23. The van der Waals surface area contributed by atoms with Gasteiger partial charge in [0.05, 0.1) is 40.3 Å². The maximum Gasteiger partial charge on any atom is 0.145 e.